The molecule has 1 saturated heterocycles. The van der Waals surface area contributed by atoms with E-state index in [1.807, 2.05) is 0 Å². The molecule has 200 valence electrons. The van der Waals surface area contributed by atoms with E-state index in [0.29, 0.717) is 11.1 Å². The van der Waals surface area contributed by atoms with E-state index in [4.69, 9.17) is 0 Å². The summed E-state index contributed by atoms with van der Waals surface area (Å²) in [5.41, 5.74) is 0.767. The summed E-state index contributed by atoms with van der Waals surface area (Å²) in [5, 5.41) is 0. The molecule has 0 aromatic rings. The molecule has 0 aliphatic carbocycles. The van der Waals surface area contributed by atoms with Crippen molar-refractivity contribution in [2.45, 2.75) is 168 Å². The maximum atomic E-state index is 3.08. The van der Waals surface area contributed by atoms with Gasteiger partial charge in [-0.2, -0.15) is 0 Å². The van der Waals surface area contributed by atoms with Crippen LogP contribution in [0.1, 0.15) is 157 Å². The van der Waals surface area contributed by atoms with Gasteiger partial charge in [-0.1, -0.05) is 125 Å². The normalized spacial score (nSPS) is 18.4. The van der Waals surface area contributed by atoms with Gasteiger partial charge in [0.1, 0.15) is 0 Å². The summed E-state index contributed by atoms with van der Waals surface area (Å²) >= 11 is 0. The lowest BCUT2D eigenvalue weighted by molar-refractivity contribution is -0.130. The molecule has 0 aromatic heterocycles. The predicted octanol–water partition coefficient (Wildman–Crippen LogP) is 9.64. The molecule has 0 spiro atoms. The van der Waals surface area contributed by atoms with E-state index < -0.39 is 0 Å². The highest BCUT2D eigenvalue weighted by Gasteiger charge is 2.56. The van der Waals surface area contributed by atoms with Crippen molar-refractivity contribution in [1.29, 1.82) is 0 Å². The number of nitrogens with zero attached hydrogens (tertiary/aromatic N) is 2. The monoisotopic (exact) mass is 486 g/mol. The van der Waals surface area contributed by atoms with Gasteiger partial charge in [0.2, 0.25) is 0 Å². The smallest absolute Gasteiger partial charge is 0.0393 e. The minimum Gasteiger partial charge on any atom is -0.298 e. The lowest BCUT2D eigenvalue weighted by atomic mass is 9.62. The van der Waals surface area contributed by atoms with Gasteiger partial charge >= 0.3 is 0 Å². The van der Waals surface area contributed by atoms with Crippen molar-refractivity contribution in [3.05, 3.63) is 0 Å². The molecule has 1 rings (SSSR count). The van der Waals surface area contributed by atoms with Crippen molar-refractivity contribution in [3.63, 3.8) is 0 Å². The zero-order valence-electron chi connectivity index (χ0n) is 23.9. The Bertz CT molecular complexity index is 419. The van der Waals surface area contributed by atoms with Crippen LogP contribution in [-0.4, -0.2) is 47.6 Å². The third-order valence-electron chi connectivity index (χ3n) is 8.71. The van der Waals surface area contributed by atoms with Crippen LogP contribution in [0.2, 0.25) is 0 Å². The predicted molar refractivity (Wildman–Crippen MR) is 153 cm³/mol. The van der Waals surface area contributed by atoms with Crippen molar-refractivity contribution >= 4 is 12.4 Å². The molecule has 2 nitrogen and oxygen atoms in total. The average Bonchev–Trinajstić information content (AvgIpc) is 2.79. The molecule has 0 amide bonds. The maximum Gasteiger partial charge on any atom is 0.0393 e. The summed E-state index contributed by atoms with van der Waals surface area (Å²) in [6.45, 7) is 15.8. The highest BCUT2D eigenvalue weighted by Crippen LogP contribution is 2.50. The topological polar surface area (TPSA) is 6.48 Å². The Morgan fingerprint density at radius 1 is 0.485 bits per heavy atom. The third-order valence-corrected chi connectivity index (χ3v) is 8.71. The van der Waals surface area contributed by atoms with Crippen LogP contribution in [0, 0.1) is 0 Å². The summed E-state index contributed by atoms with van der Waals surface area (Å²) in [7, 11) is 2.51. The van der Waals surface area contributed by atoms with Crippen molar-refractivity contribution in [2.24, 2.45) is 0 Å². The molecule has 0 bridgehead atoms. The first-order valence-electron chi connectivity index (χ1n) is 15.0. The molecule has 0 radical (unpaired) electrons. The second-order valence-corrected chi connectivity index (χ2v) is 11.0. The third kappa shape index (κ3) is 9.64. The van der Waals surface area contributed by atoms with Crippen LogP contribution in [0.25, 0.3) is 0 Å². The van der Waals surface area contributed by atoms with E-state index in [1.165, 1.54) is 142 Å². The Morgan fingerprint density at radius 3 is 1.24 bits per heavy atom. The molecule has 3 heteroatoms. The highest BCUT2D eigenvalue weighted by atomic mass is 35.5. The van der Waals surface area contributed by atoms with Gasteiger partial charge in [0.15, 0.2) is 0 Å². The molecule has 0 saturated carbocycles. The Balaban J connectivity index is 0.0000102. The first-order valence-corrected chi connectivity index (χ1v) is 15.0. The Labute approximate surface area is 216 Å². The van der Waals surface area contributed by atoms with Gasteiger partial charge in [0.25, 0.3) is 0 Å². The summed E-state index contributed by atoms with van der Waals surface area (Å²) in [6.07, 6.45) is 26.5. The minimum absolute atomic E-state index is 0. The molecule has 33 heavy (non-hydrogen) atoms. The zero-order chi connectivity index (χ0) is 23.7. The quantitative estimate of drug-likeness (QED) is 0.158. The molecule has 0 aromatic carbocycles. The fraction of sp³-hybridized carbons (Fsp3) is 1.00. The van der Waals surface area contributed by atoms with E-state index in [2.05, 4.69) is 51.5 Å². The fourth-order valence-corrected chi connectivity index (χ4v) is 6.78. The van der Waals surface area contributed by atoms with Crippen LogP contribution in [0.15, 0.2) is 0 Å². The molecule has 0 unspecified atom stereocenters. The molecule has 1 aliphatic heterocycles. The van der Waals surface area contributed by atoms with Crippen molar-refractivity contribution < 1.29 is 0 Å². The van der Waals surface area contributed by atoms with Crippen LogP contribution in [-0.2, 0) is 0 Å². The Morgan fingerprint density at radius 2 is 0.848 bits per heavy atom. The van der Waals surface area contributed by atoms with Gasteiger partial charge in [-0.25, -0.2) is 0 Å². The summed E-state index contributed by atoms with van der Waals surface area (Å²) in [5.74, 6) is 0. The van der Waals surface area contributed by atoms with Crippen LogP contribution in [0.3, 0.4) is 0 Å². The first kappa shape index (κ1) is 33.2. The van der Waals surface area contributed by atoms with Crippen molar-refractivity contribution in [1.82, 2.24) is 9.80 Å². The molecule has 1 aliphatic rings. The van der Waals surface area contributed by atoms with E-state index in [9.17, 15) is 0 Å². The minimum atomic E-state index is 0. The molecular weight excluding hydrogens is 424 g/mol. The van der Waals surface area contributed by atoms with Crippen LogP contribution in [0.4, 0.5) is 0 Å². The molecular formula is C30H63ClN2. The van der Waals surface area contributed by atoms with Crippen LogP contribution in [0.5, 0.6) is 0 Å². The number of halogens is 1. The van der Waals surface area contributed by atoms with Crippen LogP contribution < -0.4 is 0 Å². The van der Waals surface area contributed by atoms with Gasteiger partial charge in [-0.15, -0.1) is 12.4 Å². The zero-order valence-corrected chi connectivity index (χ0v) is 24.7. The lowest BCUT2D eigenvalue weighted by Gasteiger charge is -2.65. The van der Waals surface area contributed by atoms with Crippen molar-refractivity contribution in [2.75, 3.05) is 26.7 Å². The maximum absolute atomic E-state index is 3.08. The number of unbranched alkanes of at least 4 members (excludes halogenated alkanes) is 10. The summed E-state index contributed by atoms with van der Waals surface area (Å²) in [6, 6.07) is 0. The molecule has 1 fully saturated rings. The standard InChI is InChI=1S/C30H62N2.ClH/c1-7-12-17-22-29(23-18-13-8-2)30(24-19-14-9-3,25-20-15-10-4)32(26-21-16-11-5)28-27-31(29)6;/h7-28H2,1-6H3;1H. The van der Waals surface area contributed by atoms with Gasteiger partial charge in [-0.05, 0) is 45.7 Å². The molecule has 0 N–H and O–H groups in total. The number of hydrogen-bond donors (Lipinski definition) is 0. The van der Waals surface area contributed by atoms with Gasteiger partial charge < -0.3 is 0 Å². The van der Waals surface area contributed by atoms with Gasteiger partial charge in [0.05, 0.1) is 0 Å². The Hall–Kier alpha value is 0.210. The first-order chi connectivity index (χ1) is 15.6. The van der Waals surface area contributed by atoms with E-state index in [1.54, 1.807) is 0 Å². The average molecular weight is 487 g/mol. The molecule has 0 atom stereocenters. The van der Waals surface area contributed by atoms with E-state index in [-0.39, 0.29) is 12.4 Å². The lowest BCUT2D eigenvalue weighted by Crippen LogP contribution is -2.75. The van der Waals surface area contributed by atoms with Gasteiger partial charge in [-0.3, -0.25) is 9.80 Å². The van der Waals surface area contributed by atoms with Crippen molar-refractivity contribution in [3.8, 4) is 0 Å². The Kier molecular flexibility index (Phi) is 19.5. The number of piperazine rings is 1. The molecule has 1 heterocycles. The van der Waals surface area contributed by atoms with E-state index >= 15 is 0 Å². The number of hydrogen-bond acceptors (Lipinski definition) is 2. The summed E-state index contributed by atoms with van der Waals surface area (Å²) < 4.78 is 0. The summed E-state index contributed by atoms with van der Waals surface area (Å²) in [4.78, 5) is 5.97. The van der Waals surface area contributed by atoms with E-state index in [0.717, 1.165) is 0 Å². The second kappa shape index (κ2) is 19.4. The SMILES string of the molecule is CCCCCN1CCN(C)C(CCCCC)(CCCCC)C1(CCCCC)CCCCC.Cl. The number of likely N-dealkylation sites (N-methyl/N-ethyl adjacent to an activating group) is 1. The second-order valence-electron chi connectivity index (χ2n) is 11.0. The van der Waals surface area contributed by atoms with Gasteiger partial charge in [0, 0.05) is 24.2 Å². The van der Waals surface area contributed by atoms with Crippen LogP contribution >= 0.6 is 12.4 Å². The number of rotatable bonds is 20. The fourth-order valence-electron chi connectivity index (χ4n) is 6.78. The highest BCUT2D eigenvalue weighted by molar-refractivity contribution is 5.85. The largest absolute Gasteiger partial charge is 0.298 e.